The number of aryl methyl sites for hydroxylation is 1. The van der Waals surface area contributed by atoms with Gasteiger partial charge in [0.25, 0.3) is 5.91 Å². The van der Waals surface area contributed by atoms with Crippen molar-refractivity contribution in [1.29, 1.82) is 0 Å². The van der Waals surface area contributed by atoms with Gasteiger partial charge in [-0.15, -0.1) is 11.3 Å². The van der Waals surface area contributed by atoms with E-state index in [-0.39, 0.29) is 24.2 Å². The SMILES string of the molecule is O=C(CN1CCOCC1)Nc1sc2c(c1C(=O)Nc1ccc(F)cc1)CCCC2. The monoisotopic (exact) mass is 417 g/mol. The predicted octanol–water partition coefficient (Wildman–Crippen LogP) is 3.29. The molecule has 1 aromatic carbocycles. The molecule has 0 saturated carbocycles. The van der Waals surface area contributed by atoms with Gasteiger partial charge < -0.3 is 15.4 Å². The molecule has 4 rings (SSSR count). The Hall–Kier alpha value is -2.29. The fourth-order valence-corrected chi connectivity index (χ4v) is 5.05. The molecule has 1 saturated heterocycles. The second-order valence-electron chi connectivity index (χ2n) is 7.31. The van der Waals surface area contributed by atoms with Gasteiger partial charge in [-0.25, -0.2) is 4.39 Å². The smallest absolute Gasteiger partial charge is 0.258 e. The molecule has 6 nitrogen and oxygen atoms in total. The van der Waals surface area contributed by atoms with E-state index in [0.29, 0.717) is 29.5 Å². The number of nitrogens with zero attached hydrogens (tertiary/aromatic N) is 1. The molecular formula is C21H24FN3O3S. The van der Waals surface area contributed by atoms with Gasteiger partial charge in [0.1, 0.15) is 10.8 Å². The number of fused-ring (bicyclic) bond motifs is 1. The van der Waals surface area contributed by atoms with E-state index < -0.39 is 0 Å². The number of hydrogen-bond donors (Lipinski definition) is 2. The fourth-order valence-electron chi connectivity index (χ4n) is 3.75. The summed E-state index contributed by atoms with van der Waals surface area (Å²) in [7, 11) is 0. The predicted molar refractivity (Wildman–Crippen MR) is 111 cm³/mol. The fraction of sp³-hybridized carbons (Fsp3) is 0.429. The minimum absolute atomic E-state index is 0.124. The number of amides is 2. The number of rotatable bonds is 5. The highest BCUT2D eigenvalue weighted by Gasteiger charge is 2.27. The van der Waals surface area contributed by atoms with Crippen molar-refractivity contribution in [2.45, 2.75) is 25.7 Å². The number of carbonyl (C=O) groups is 2. The summed E-state index contributed by atoms with van der Waals surface area (Å²) in [5, 5.41) is 6.41. The third-order valence-electron chi connectivity index (χ3n) is 5.22. The van der Waals surface area contributed by atoms with Crippen molar-refractivity contribution in [3.8, 4) is 0 Å². The number of benzene rings is 1. The van der Waals surface area contributed by atoms with E-state index in [1.165, 1.54) is 40.5 Å². The Labute approximate surface area is 173 Å². The van der Waals surface area contributed by atoms with Crippen LogP contribution in [-0.4, -0.2) is 49.6 Å². The molecule has 1 aromatic heterocycles. The van der Waals surface area contributed by atoms with E-state index in [2.05, 4.69) is 10.6 Å². The topological polar surface area (TPSA) is 70.7 Å². The standard InChI is InChI=1S/C21H24FN3O3S/c22-14-5-7-15(8-6-14)23-20(27)19-16-3-1-2-4-17(16)29-21(19)24-18(26)13-25-9-11-28-12-10-25/h5-8H,1-4,9-13H2,(H,23,27)(H,24,26). The van der Waals surface area contributed by atoms with Gasteiger partial charge in [-0.3, -0.25) is 14.5 Å². The van der Waals surface area contributed by atoms with Gasteiger partial charge >= 0.3 is 0 Å². The van der Waals surface area contributed by atoms with E-state index in [1.807, 2.05) is 4.90 Å². The minimum Gasteiger partial charge on any atom is -0.379 e. The van der Waals surface area contributed by atoms with Crippen LogP contribution in [0.1, 0.15) is 33.6 Å². The molecular weight excluding hydrogens is 393 g/mol. The molecule has 2 aromatic rings. The van der Waals surface area contributed by atoms with Crippen molar-refractivity contribution in [2.24, 2.45) is 0 Å². The van der Waals surface area contributed by atoms with Crippen molar-refractivity contribution < 1.29 is 18.7 Å². The Morgan fingerprint density at radius 3 is 2.55 bits per heavy atom. The van der Waals surface area contributed by atoms with E-state index in [9.17, 15) is 14.0 Å². The number of ether oxygens (including phenoxy) is 1. The van der Waals surface area contributed by atoms with Crippen LogP contribution in [0, 0.1) is 5.82 Å². The number of thiophene rings is 1. The highest BCUT2D eigenvalue weighted by atomic mass is 32.1. The molecule has 0 bridgehead atoms. The molecule has 8 heteroatoms. The summed E-state index contributed by atoms with van der Waals surface area (Å²) in [6.07, 6.45) is 3.88. The van der Waals surface area contributed by atoms with Crippen LogP contribution in [0.25, 0.3) is 0 Å². The van der Waals surface area contributed by atoms with Gasteiger partial charge in [-0.2, -0.15) is 0 Å². The molecule has 2 heterocycles. The first-order chi connectivity index (χ1) is 14.1. The van der Waals surface area contributed by atoms with Crippen molar-refractivity contribution in [2.75, 3.05) is 43.5 Å². The van der Waals surface area contributed by atoms with Crippen molar-refractivity contribution in [3.63, 3.8) is 0 Å². The van der Waals surface area contributed by atoms with Crippen molar-refractivity contribution in [3.05, 3.63) is 46.1 Å². The van der Waals surface area contributed by atoms with E-state index >= 15 is 0 Å². The first-order valence-corrected chi connectivity index (χ1v) is 10.7. The zero-order valence-corrected chi connectivity index (χ0v) is 16.9. The highest BCUT2D eigenvalue weighted by Crippen LogP contribution is 2.38. The lowest BCUT2D eigenvalue weighted by molar-refractivity contribution is -0.118. The van der Waals surface area contributed by atoms with Gasteiger partial charge in [-0.05, 0) is 55.5 Å². The first-order valence-electron chi connectivity index (χ1n) is 9.91. The lowest BCUT2D eigenvalue weighted by Gasteiger charge is -2.25. The summed E-state index contributed by atoms with van der Waals surface area (Å²) < 4.78 is 18.5. The largest absolute Gasteiger partial charge is 0.379 e. The highest BCUT2D eigenvalue weighted by molar-refractivity contribution is 7.17. The number of hydrogen-bond acceptors (Lipinski definition) is 5. The number of carbonyl (C=O) groups excluding carboxylic acids is 2. The van der Waals surface area contributed by atoms with Crippen molar-refractivity contribution >= 4 is 33.8 Å². The first kappa shape index (κ1) is 20.0. The second kappa shape index (κ2) is 9.02. The molecule has 29 heavy (non-hydrogen) atoms. The van der Waals surface area contributed by atoms with Crippen LogP contribution in [0.15, 0.2) is 24.3 Å². The summed E-state index contributed by atoms with van der Waals surface area (Å²) in [5.41, 5.74) is 2.10. The van der Waals surface area contributed by atoms with Crippen LogP contribution < -0.4 is 10.6 Å². The molecule has 2 aliphatic rings. The molecule has 0 spiro atoms. The van der Waals surface area contributed by atoms with Crippen LogP contribution in [0.2, 0.25) is 0 Å². The zero-order chi connectivity index (χ0) is 20.2. The average molecular weight is 418 g/mol. The van der Waals surface area contributed by atoms with Gasteiger partial charge in [0.15, 0.2) is 0 Å². The van der Waals surface area contributed by atoms with E-state index in [4.69, 9.17) is 4.74 Å². The third kappa shape index (κ3) is 4.83. The third-order valence-corrected chi connectivity index (χ3v) is 6.43. The Bertz CT molecular complexity index is 891. The molecule has 1 aliphatic heterocycles. The summed E-state index contributed by atoms with van der Waals surface area (Å²) in [6, 6.07) is 5.68. The summed E-state index contributed by atoms with van der Waals surface area (Å²) in [4.78, 5) is 28.9. The maximum absolute atomic E-state index is 13.2. The lowest BCUT2D eigenvalue weighted by atomic mass is 9.95. The van der Waals surface area contributed by atoms with Crippen LogP contribution in [0.3, 0.4) is 0 Å². The van der Waals surface area contributed by atoms with Crippen molar-refractivity contribution in [1.82, 2.24) is 4.90 Å². The Morgan fingerprint density at radius 2 is 1.79 bits per heavy atom. The summed E-state index contributed by atoms with van der Waals surface area (Å²) >= 11 is 1.50. The molecule has 1 fully saturated rings. The maximum atomic E-state index is 13.2. The number of nitrogens with one attached hydrogen (secondary N) is 2. The number of halogens is 1. The molecule has 0 radical (unpaired) electrons. The molecule has 154 valence electrons. The summed E-state index contributed by atoms with van der Waals surface area (Å²) in [6.45, 7) is 3.00. The average Bonchev–Trinajstić information content (AvgIpc) is 3.08. The van der Waals surface area contributed by atoms with Crippen LogP contribution in [0.5, 0.6) is 0 Å². The van der Waals surface area contributed by atoms with Gasteiger partial charge in [0.2, 0.25) is 5.91 Å². The molecule has 1 aliphatic carbocycles. The molecule has 2 amide bonds. The Morgan fingerprint density at radius 1 is 1.07 bits per heavy atom. The zero-order valence-electron chi connectivity index (χ0n) is 16.1. The summed E-state index contributed by atoms with van der Waals surface area (Å²) in [5.74, 6) is -0.744. The Balaban J connectivity index is 1.53. The van der Waals surface area contributed by atoms with E-state index in [0.717, 1.165) is 44.3 Å². The Kier molecular flexibility index (Phi) is 6.22. The van der Waals surface area contributed by atoms with Crippen LogP contribution in [-0.2, 0) is 22.4 Å². The van der Waals surface area contributed by atoms with E-state index in [1.54, 1.807) is 0 Å². The number of anilines is 2. The minimum atomic E-state index is -0.355. The quantitative estimate of drug-likeness (QED) is 0.783. The number of morpholine rings is 1. The molecule has 0 atom stereocenters. The van der Waals surface area contributed by atoms with Gasteiger partial charge in [-0.1, -0.05) is 0 Å². The second-order valence-corrected chi connectivity index (χ2v) is 8.42. The van der Waals surface area contributed by atoms with Gasteiger partial charge in [0, 0.05) is 23.7 Å². The maximum Gasteiger partial charge on any atom is 0.258 e. The lowest BCUT2D eigenvalue weighted by Crippen LogP contribution is -2.41. The molecule has 2 N–H and O–H groups in total. The molecule has 0 unspecified atom stereocenters. The van der Waals surface area contributed by atoms with Crippen LogP contribution >= 0.6 is 11.3 Å². The van der Waals surface area contributed by atoms with Crippen LogP contribution in [0.4, 0.5) is 15.1 Å². The van der Waals surface area contributed by atoms with Gasteiger partial charge in [0.05, 0.1) is 25.3 Å². The normalized spacial score (nSPS) is 16.9.